The molecule has 1 aromatic heterocycles. The van der Waals surface area contributed by atoms with Gasteiger partial charge in [-0.05, 0) is 68.1 Å². The summed E-state index contributed by atoms with van der Waals surface area (Å²) in [6.45, 7) is 3.03. The van der Waals surface area contributed by atoms with Crippen LogP contribution in [0, 0.1) is 0 Å². The molecular weight excluding hydrogens is 354 g/mol. The summed E-state index contributed by atoms with van der Waals surface area (Å²) in [5, 5.41) is 3.14. The number of aromatic nitrogens is 1. The fourth-order valence-electron chi connectivity index (χ4n) is 3.93. The number of fused-ring (bicyclic) bond motifs is 1. The van der Waals surface area contributed by atoms with E-state index in [0.29, 0.717) is 13.0 Å². The molecule has 4 rings (SSSR count). The number of amides is 1. The number of aryl methyl sites for hydroxylation is 1. The number of rotatable bonds is 8. The molecule has 2 aliphatic heterocycles. The number of nitrogens with zero attached hydrogens (tertiary/aromatic N) is 2. The van der Waals surface area contributed by atoms with Crippen molar-refractivity contribution in [3.63, 3.8) is 0 Å². The summed E-state index contributed by atoms with van der Waals surface area (Å²) in [5.41, 5.74) is 2.34. The molecule has 148 valence electrons. The summed E-state index contributed by atoms with van der Waals surface area (Å²) in [4.78, 5) is 19.0. The van der Waals surface area contributed by atoms with Gasteiger partial charge < -0.3 is 14.8 Å². The van der Waals surface area contributed by atoms with Crippen molar-refractivity contribution < 1.29 is 14.3 Å². The molecule has 6 heteroatoms. The van der Waals surface area contributed by atoms with Gasteiger partial charge in [-0.1, -0.05) is 12.1 Å². The van der Waals surface area contributed by atoms with Crippen molar-refractivity contribution in [2.24, 2.45) is 0 Å². The summed E-state index contributed by atoms with van der Waals surface area (Å²) < 4.78 is 11.0. The van der Waals surface area contributed by atoms with Crippen LogP contribution in [0.25, 0.3) is 0 Å². The van der Waals surface area contributed by atoms with E-state index in [0.717, 1.165) is 37.4 Å². The molecule has 1 atom stereocenters. The molecule has 1 unspecified atom stereocenters. The average molecular weight is 381 g/mol. The first-order chi connectivity index (χ1) is 13.8. The van der Waals surface area contributed by atoms with Gasteiger partial charge in [0.25, 0.3) is 0 Å². The van der Waals surface area contributed by atoms with Crippen molar-refractivity contribution in [1.29, 1.82) is 0 Å². The number of carbonyl (C=O) groups is 1. The van der Waals surface area contributed by atoms with E-state index in [4.69, 9.17) is 9.47 Å². The number of ether oxygens (including phenoxy) is 2. The van der Waals surface area contributed by atoms with Crippen LogP contribution in [-0.2, 0) is 11.2 Å². The number of benzene rings is 1. The van der Waals surface area contributed by atoms with Crippen molar-refractivity contribution >= 4 is 5.91 Å². The molecule has 0 spiro atoms. The van der Waals surface area contributed by atoms with Crippen LogP contribution < -0.4 is 14.8 Å². The molecule has 0 bridgehead atoms. The molecule has 0 aliphatic carbocycles. The third-order valence-electron chi connectivity index (χ3n) is 5.45. The Morgan fingerprint density at radius 3 is 2.86 bits per heavy atom. The molecule has 1 fully saturated rings. The van der Waals surface area contributed by atoms with E-state index in [1.165, 1.54) is 24.0 Å². The second-order valence-electron chi connectivity index (χ2n) is 7.39. The highest BCUT2D eigenvalue weighted by atomic mass is 16.7. The van der Waals surface area contributed by atoms with Crippen LogP contribution in [0.4, 0.5) is 0 Å². The zero-order valence-electron chi connectivity index (χ0n) is 16.1. The van der Waals surface area contributed by atoms with E-state index in [2.05, 4.69) is 27.3 Å². The number of hydrogen-bond donors (Lipinski definition) is 1. The van der Waals surface area contributed by atoms with E-state index in [9.17, 15) is 4.79 Å². The second-order valence-corrected chi connectivity index (χ2v) is 7.39. The van der Waals surface area contributed by atoms with Gasteiger partial charge in [-0.15, -0.1) is 0 Å². The van der Waals surface area contributed by atoms with Crippen LogP contribution in [0.5, 0.6) is 11.5 Å². The maximum atomic E-state index is 12.4. The molecule has 3 heterocycles. The molecule has 2 aliphatic rings. The van der Waals surface area contributed by atoms with Crippen molar-refractivity contribution in [1.82, 2.24) is 15.2 Å². The lowest BCUT2D eigenvalue weighted by Crippen LogP contribution is -2.36. The topological polar surface area (TPSA) is 63.7 Å². The van der Waals surface area contributed by atoms with Crippen LogP contribution in [0.1, 0.15) is 42.9 Å². The highest BCUT2D eigenvalue weighted by Crippen LogP contribution is 2.36. The summed E-state index contributed by atoms with van der Waals surface area (Å²) in [6, 6.07) is 10.3. The Balaban J connectivity index is 1.33. The minimum atomic E-state index is 0.105. The third-order valence-corrected chi connectivity index (χ3v) is 5.45. The molecular formula is C22H27N3O3. The van der Waals surface area contributed by atoms with Crippen LogP contribution in [0.3, 0.4) is 0 Å². The van der Waals surface area contributed by atoms with Crippen molar-refractivity contribution in [3.05, 3.63) is 53.9 Å². The van der Waals surface area contributed by atoms with Crippen molar-refractivity contribution in [2.75, 3.05) is 26.4 Å². The van der Waals surface area contributed by atoms with E-state index >= 15 is 0 Å². The Morgan fingerprint density at radius 1 is 1.18 bits per heavy atom. The first-order valence-electron chi connectivity index (χ1n) is 10.1. The highest BCUT2D eigenvalue weighted by molar-refractivity contribution is 5.75. The second kappa shape index (κ2) is 9.06. The Labute approximate surface area is 165 Å². The third kappa shape index (κ3) is 4.62. The summed E-state index contributed by atoms with van der Waals surface area (Å²) >= 11 is 0. The van der Waals surface area contributed by atoms with Gasteiger partial charge in [0.15, 0.2) is 11.5 Å². The Kier molecular flexibility index (Phi) is 6.07. The molecule has 28 heavy (non-hydrogen) atoms. The van der Waals surface area contributed by atoms with E-state index < -0.39 is 0 Å². The molecule has 2 aromatic rings. The number of likely N-dealkylation sites (tertiary alicyclic amines) is 1. The SMILES string of the molecule is O=C(CCCc1cccnc1)NCC(c1ccc2c(c1)OCO2)N1CCCC1. The molecule has 1 N–H and O–H groups in total. The van der Waals surface area contributed by atoms with Gasteiger partial charge in [0, 0.05) is 25.4 Å². The molecule has 1 aromatic carbocycles. The minimum absolute atomic E-state index is 0.105. The van der Waals surface area contributed by atoms with Gasteiger partial charge in [-0.25, -0.2) is 0 Å². The maximum absolute atomic E-state index is 12.4. The Bertz CT molecular complexity index is 791. The summed E-state index contributed by atoms with van der Waals surface area (Å²) in [5.74, 6) is 1.70. The summed E-state index contributed by atoms with van der Waals surface area (Å²) in [7, 11) is 0. The van der Waals surface area contributed by atoms with Crippen LogP contribution in [-0.4, -0.2) is 42.2 Å². The van der Waals surface area contributed by atoms with Gasteiger partial charge in [0.05, 0.1) is 6.04 Å². The van der Waals surface area contributed by atoms with E-state index in [1.807, 2.05) is 24.4 Å². The van der Waals surface area contributed by atoms with Crippen LogP contribution >= 0.6 is 0 Å². The maximum Gasteiger partial charge on any atom is 0.231 e. The van der Waals surface area contributed by atoms with Crippen molar-refractivity contribution in [2.45, 2.75) is 38.1 Å². The molecule has 0 radical (unpaired) electrons. The molecule has 1 saturated heterocycles. The van der Waals surface area contributed by atoms with Gasteiger partial charge in [-0.2, -0.15) is 0 Å². The van der Waals surface area contributed by atoms with Crippen molar-refractivity contribution in [3.8, 4) is 11.5 Å². The Morgan fingerprint density at radius 2 is 2.04 bits per heavy atom. The fourth-order valence-corrected chi connectivity index (χ4v) is 3.93. The number of hydrogen-bond acceptors (Lipinski definition) is 5. The highest BCUT2D eigenvalue weighted by Gasteiger charge is 2.26. The smallest absolute Gasteiger partial charge is 0.231 e. The average Bonchev–Trinajstić information content (AvgIpc) is 3.41. The lowest BCUT2D eigenvalue weighted by atomic mass is 10.0. The van der Waals surface area contributed by atoms with E-state index in [-0.39, 0.29) is 18.7 Å². The van der Waals surface area contributed by atoms with Crippen LogP contribution in [0.2, 0.25) is 0 Å². The normalized spacial score (nSPS) is 16.9. The number of carbonyl (C=O) groups excluding carboxylic acids is 1. The lowest BCUT2D eigenvalue weighted by molar-refractivity contribution is -0.121. The molecule has 0 saturated carbocycles. The predicted octanol–water partition coefficient (Wildman–Crippen LogP) is 3.09. The van der Waals surface area contributed by atoms with Crippen LogP contribution in [0.15, 0.2) is 42.7 Å². The predicted molar refractivity (Wildman–Crippen MR) is 106 cm³/mol. The quantitative estimate of drug-likeness (QED) is 0.761. The monoisotopic (exact) mass is 381 g/mol. The van der Waals surface area contributed by atoms with Gasteiger partial charge in [0.2, 0.25) is 12.7 Å². The zero-order chi connectivity index (χ0) is 19.2. The molecule has 6 nitrogen and oxygen atoms in total. The zero-order valence-corrected chi connectivity index (χ0v) is 16.1. The van der Waals surface area contributed by atoms with E-state index in [1.54, 1.807) is 6.20 Å². The first kappa shape index (κ1) is 18.7. The minimum Gasteiger partial charge on any atom is -0.454 e. The largest absolute Gasteiger partial charge is 0.454 e. The standard InChI is InChI=1S/C22H27N3O3/c26-22(7-3-5-17-6-4-10-23-14-17)24-15-19(25-11-1-2-12-25)18-8-9-20-21(13-18)28-16-27-20/h4,6,8-10,13-14,19H,1-3,5,7,11-12,15-16H2,(H,24,26). The van der Waals surface area contributed by atoms with Gasteiger partial charge >= 0.3 is 0 Å². The lowest BCUT2D eigenvalue weighted by Gasteiger charge is -2.28. The fraction of sp³-hybridized carbons (Fsp3) is 0.455. The van der Waals surface area contributed by atoms with Gasteiger partial charge in [0.1, 0.15) is 0 Å². The number of pyridine rings is 1. The first-order valence-corrected chi connectivity index (χ1v) is 10.1. The number of nitrogens with one attached hydrogen (secondary N) is 1. The summed E-state index contributed by atoms with van der Waals surface area (Å²) in [6.07, 6.45) is 8.28. The van der Waals surface area contributed by atoms with Gasteiger partial charge in [-0.3, -0.25) is 14.7 Å². The molecule has 1 amide bonds. The Hall–Kier alpha value is -2.60.